The molecule has 3 rings (SSSR count). The molecule has 0 atom stereocenters. The van der Waals surface area contributed by atoms with Crippen LogP contribution in [0.4, 0.5) is 4.39 Å². The first-order valence-electron chi connectivity index (χ1n) is 6.62. The molecule has 3 aromatic rings. The van der Waals surface area contributed by atoms with E-state index in [0.717, 1.165) is 0 Å². The van der Waals surface area contributed by atoms with Crippen molar-refractivity contribution >= 4 is 11.6 Å². The van der Waals surface area contributed by atoms with Crippen molar-refractivity contribution in [2.75, 3.05) is 0 Å². The third-order valence-electron chi connectivity index (χ3n) is 3.32. The van der Waals surface area contributed by atoms with E-state index in [9.17, 15) is 9.18 Å². The Morgan fingerprint density at radius 1 is 1.24 bits per heavy atom. The standard InChI is InChI=1S/C16H14FN3O/c1-11-15(20-9-5-4-8-14(20)19-11)16(21)18-10-12-6-2-3-7-13(12)17/h2-9H,10H2,1H3,(H,18,21). The normalized spacial score (nSPS) is 10.8. The first kappa shape index (κ1) is 13.3. The molecular formula is C16H14FN3O. The topological polar surface area (TPSA) is 46.4 Å². The van der Waals surface area contributed by atoms with E-state index >= 15 is 0 Å². The molecule has 106 valence electrons. The Hall–Kier alpha value is -2.69. The number of amides is 1. The van der Waals surface area contributed by atoms with E-state index in [2.05, 4.69) is 10.3 Å². The number of hydrogen-bond donors (Lipinski definition) is 1. The highest BCUT2D eigenvalue weighted by Crippen LogP contribution is 2.12. The number of hydrogen-bond acceptors (Lipinski definition) is 2. The van der Waals surface area contributed by atoms with E-state index in [1.807, 2.05) is 18.2 Å². The van der Waals surface area contributed by atoms with Crippen LogP contribution in [0.1, 0.15) is 21.7 Å². The van der Waals surface area contributed by atoms with Gasteiger partial charge in [-0.1, -0.05) is 24.3 Å². The van der Waals surface area contributed by atoms with Crippen LogP contribution >= 0.6 is 0 Å². The van der Waals surface area contributed by atoms with Gasteiger partial charge in [0.15, 0.2) is 0 Å². The first-order valence-corrected chi connectivity index (χ1v) is 6.62. The van der Waals surface area contributed by atoms with Gasteiger partial charge in [-0.05, 0) is 25.1 Å². The molecule has 1 aromatic carbocycles. The van der Waals surface area contributed by atoms with Crippen molar-refractivity contribution in [2.24, 2.45) is 0 Å². The van der Waals surface area contributed by atoms with Crippen LogP contribution in [-0.4, -0.2) is 15.3 Å². The number of fused-ring (bicyclic) bond motifs is 1. The molecule has 0 bridgehead atoms. The quantitative estimate of drug-likeness (QED) is 0.803. The second-order valence-corrected chi connectivity index (χ2v) is 4.75. The lowest BCUT2D eigenvalue weighted by Crippen LogP contribution is -2.25. The van der Waals surface area contributed by atoms with Crippen LogP contribution < -0.4 is 5.32 Å². The molecule has 0 radical (unpaired) electrons. The summed E-state index contributed by atoms with van der Waals surface area (Å²) in [5.41, 5.74) is 2.29. The summed E-state index contributed by atoms with van der Waals surface area (Å²) in [5.74, 6) is -0.595. The molecule has 1 amide bonds. The molecule has 0 spiro atoms. The first-order chi connectivity index (χ1) is 10.2. The Bertz CT molecular complexity index is 810. The van der Waals surface area contributed by atoms with Gasteiger partial charge in [0.2, 0.25) is 0 Å². The smallest absolute Gasteiger partial charge is 0.270 e. The van der Waals surface area contributed by atoms with E-state index in [1.165, 1.54) is 6.07 Å². The number of imidazole rings is 1. The van der Waals surface area contributed by atoms with Gasteiger partial charge in [-0.25, -0.2) is 9.37 Å². The summed E-state index contributed by atoms with van der Waals surface area (Å²) in [5, 5.41) is 2.74. The molecule has 2 aromatic heterocycles. The lowest BCUT2D eigenvalue weighted by molar-refractivity contribution is 0.0944. The van der Waals surface area contributed by atoms with Crippen molar-refractivity contribution in [1.82, 2.24) is 14.7 Å². The SMILES string of the molecule is Cc1nc2ccccn2c1C(=O)NCc1ccccc1F. The number of benzene rings is 1. The Morgan fingerprint density at radius 2 is 2.00 bits per heavy atom. The summed E-state index contributed by atoms with van der Waals surface area (Å²) in [6, 6.07) is 11.9. The number of halogens is 1. The zero-order chi connectivity index (χ0) is 14.8. The third-order valence-corrected chi connectivity index (χ3v) is 3.32. The highest BCUT2D eigenvalue weighted by atomic mass is 19.1. The molecule has 4 nitrogen and oxygen atoms in total. The summed E-state index contributed by atoms with van der Waals surface area (Å²) in [4.78, 5) is 16.7. The van der Waals surface area contributed by atoms with Crippen molar-refractivity contribution in [2.45, 2.75) is 13.5 Å². The average molecular weight is 283 g/mol. The molecule has 0 saturated carbocycles. The van der Waals surface area contributed by atoms with E-state index in [0.29, 0.717) is 22.6 Å². The second-order valence-electron chi connectivity index (χ2n) is 4.75. The van der Waals surface area contributed by atoms with Crippen LogP contribution in [0.2, 0.25) is 0 Å². The largest absolute Gasteiger partial charge is 0.347 e. The zero-order valence-corrected chi connectivity index (χ0v) is 11.5. The van der Waals surface area contributed by atoms with E-state index in [4.69, 9.17) is 0 Å². The molecular weight excluding hydrogens is 269 g/mol. The number of aromatic nitrogens is 2. The Morgan fingerprint density at radius 3 is 2.81 bits per heavy atom. The van der Waals surface area contributed by atoms with Gasteiger partial charge in [-0.3, -0.25) is 9.20 Å². The van der Waals surface area contributed by atoms with Crippen molar-refractivity contribution < 1.29 is 9.18 Å². The van der Waals surface area contributed by atoms with Crippen LogP contribution in [0.3, 0.4) is 0 Å². The van der Waals surface area contributed by atoms with Gasteiger partial charge in [-0.15, -0.1) is 0 Å². The van der Waals surface area contributed by atoms with Gasteiger partial charge in [0.25, 0.3) is 5.91 Å². The van der Waals surface area contributed by atoms with Gasteiger partial charge < -0.3 is 5.32 Å². The number of nitrogens with one attached hydrogen (secondary N) is 1. The van der Waals surface area contributed by atoms with Crippen LogP contribution in [0, 0.1) is 12.7 Å². The fraction of sp³-hybridized carbons (Fsp3) is 0.125. The molecule has 21 heavy (non-hydrogen) atoms. The lowest BCUT2D eigenvalue weighted by Gasteiger charge is -2.07. The van der Waals surface area contributed by atoms with Gasteiger partial charge >= 0.3 is 0 Å². The minimum Gasteiger partial charge on any atom is -0.347 e. The van der Waals surface area contributed by atoms with Gasteiger partial charge in [0, 0.05) is 18.3 Å². The minimum absolute atomic E-state index is 0.144. The summed E-state index contributed by atoms with van der Waals surface area (Å²) >= 11 is 0. The molecule has 0 saturated heterocycles. The van der Waals surface area contributed by atoms with Crippen molar-refractivity contribution in [3.8, 4) is 0 Å². The van der Waals surface area contributed by atoms with Gasteiger partial charge in [0.1, 0.15) is 17.2 Å². The van der Waals surface area contributed by atoms with Crippen LogP contribution in [0.15, 0.2) is 48.7 Å². The molecule has 0 unspecified atom stereocenters. The number of nitrogens with zero attached hydrogens (tertiary/aromatic N) is 2. The highest BCUT2D eigenvalue weighted by molar-refractivity contribution is 5.94. The van der Waals surface area contributed by atoms with Crippen molar-refractivity contribution in [3.63, 3.8) is 0 Å². The number of aryl methyl sites for hydroxylation is 1. The third kappa shape index (κ3) is 2.50. The molecule has 0 aliphatic rings. The van der Waals surface area contributed by atoms with E-state index < -0.39 is 0 Å². The summed E-state index contributed by atoms with van der Waals surface area (Å²) < 4.78 is 15.3. The predicted octanol–water partition coefficient (Wildman–Crippen LogP) is 2.71. The highest BCUT2D eigenvalue weighted by Gasteiger charge is 2.16. The minimum atomic E-state index is -0.326. The molecule has 2 heterocycles. The van der Waals surface area contributed by atoms with Gasteiger partial charge in [0.05, 0.1) is 5.69 Å². The number of rotatable bonds is 3. The van der Waals surface area contributed by atoms with E-state index in [1.54, 1.807) is 35.7 Å². The molecule has 1 N–H and O–H groups in total. The van der Waals surface area contributed by atoms with Crippen LogP contribution in [0.25, 0.3) is 5.65 Å². The van der Waals surface area contributed by atoms with Crippen LogP contribution in [-0.2, 0) is 6.54 Å². The van der Waals surface area contributed by atoms with Crippen molar-refractivity contribution in [1.29, 1.82) is 0 Å². The van der Waals surface area contributed by atoms with Gasteiger partial charge in [-0.2, -0.15) is 0 Å². The fourth-order valence-electron chi connectivity index (χ4n) is 2.29. The second kappa shape index (κ2) is 5.36. The molecule has 5 heteroatoms. The predicted molar refractivity (Wildman–Crippen MR) is 77.5 cm³/mol. The zero-order valence-electron chi connectivity index (χ0n) is 11.5. The summed E-state index contributed by atoms with van der Waals surface area (Å²) in [6.45, 7) is 1.93. The fourth-order valence-corrected chi connectivity index (χ4v) is 2.29. The maximum atomic E-state index is 13.5. The molecule has 0 aliphatic heterocycles. The molecule has 0 aliphatic carbocycles. The summed E-state index contributed by atoms with van der Waals surface area (Å²) in [7, 11) is 0. The average Bonchev–Trinajstić information content (AvgIpc) is 2.82. The lowest BCUT2D eigenvalue weighted by atomic mass is 10.2. The Kier molecular flexibility index (Phi) is 3.39. The van der Waals surface area contributed by atoms with Crippen LogP contribution in [0.5, 0.6) is 0 Å². The maximum absolute atomic E-state index is 13.5. The molecule has 0 fully saturated rings. The Labute approximate surface area is 121 Å². The number of pyridine rings is 1. The van der Waals surface area contributed by atoms with E-state index in [-0.39, 0.29) is 18.3 Å². The monoisotopic (exact) mass is 283 g/mol. The number of carbonyl (C=O) groups excluding carboxylic acids is 1. The maximum Gasteiger partial charge on any atom is 0.270 e. The number of carbonyl (C=O) groups is 1. The Balaban J connectivity index is 1.85. The van der Waals surface area contributed by atoms with Crippen molar-refractivity contribution in [3.05, 3.63) is 71.4 Å². The summed E-state index contributed by atoms with van der Waals surface area (Å²) in [6.07, 6.45) is 1.79.